The Morgan fingerprint density at radius 1 is 1.28 bits per heavy atom. The van der Waals surface area contributed by atoms with Gasteiger partial charge in [-0.1, -0.05) is 35.0 Å². The fraction of sp³-hybridized carbons (Fsp3) is 0.200. The molecule has 3 aromatic rings. The van der Waals surface area contributed by atoms with Crippen LogP contribution in [-0.2, 0) is 11.3 Å². The number of carbonyl (C=O) groups excluding carboxylic acids is 1. The number of hydrogen-bond acceptors (Lipinski definition) is 6. The molecule has 1 aromatic heterocycles. The number of ether oxygens (including phenoxy) is 1. The third kappa shape index (κ3) is 5.52. The van der Waals surface area contributed by atoms with Crippen LogP contribution in [0.15, 0.2) is 47.0 Å². The molecule has 0 aliphatic heterocycles. The van der Waals surface area contributed by atoms with E-state index in [1.165, 1.54) is 0 Å². The molecule has 2 aromatic carbocycles. The zero-order valence-corrected chi connectivity index (χ0v) is 17.4. The average Bonchev–Trinajstić information content (AvgIpc) is 3.17. The number of halogens is 1. The summed E-state index contributed by atoms with van der Waals surface area (Å²) in [6, 6.07) is 12.4. The van der Waals surface area contributed by atoms with Crippen molar-refractivity contribution in [3.63, 3.8) is 0 Å². The molecule has 0 spiro atoms. The number of hydrogen-bond donors (Lipinski definition) is 2. The van der Waals surface area contributed by atoms with Gasteiger partial charge in [0.15, 0.2) is 5.11 Å². The molecule has 0 aliphatic rings. The Kier molecular flexibility index (Phi) is 6.79. The molecule has 7 nitrogen and oxygen atoms in total. The van der Waals surface area contributed by atoms with Crippen molar-refractivity contribution in [3.05, 3.63) is 64.5 Å². The molecule has 0 amide bonds. The highest BCUT2D eigenvalue weighted by Gasteiger charge is 2.12. The molecule has 0 aliphatic carbocycles. The maximum Gasteiger partial charge on any atom is 0.338 e. The summed E-state index contributed by atoms with van der Waals surface area (Å²) in [7, 11) is 0. The molecule has 0 saturated carbocycles. The highest BCUT2D eigenvalue weighted by molar-refractivity contribution is 7.80. The largest absolute Gasteiger partial charge is 0.462 e. The lowest BCUT2D eigenvalue weighted by Gasteiger charge is -2.12. The topological polar surface area (TPSA) is 89.3 Å². The standard InChI is InChI=1S/C20H19ClN4O3S/c1-3-27-19(26)14-8-7-12(2)16(10-14)23-20(29)22-11-17-24-18(25-28-17)13-5-4-6-15(21)9-13/h4-10H,3,11H2,1-2H3,(H2,22,23,29). The molecular formula is C20H19ClN4O3S. The molecule has 0 saturated heterocycles. The van der Waals surface area contributed by atoms with E-state index >= 15 is 0 Å². The number of thiocarbonyl (C=S) groups is 1. The number of aryl methyl sites for hydroxylation is 1. The second kappa shape index (κ2) is 9.49. The van der Waals surface area contributed by atoms with Gasteiger partial charge in [0, 0.05) is 16.3 Å². The lowest BCUT2D eigenvalue weighted by molar-refractivity contribution is 0.0526. The fourth-order valence-electron chi connectivity index (χ4n) is 2.49. The zero-order chi connectivity index (χ0) is 20.8. The van der Waals surface area contributed by atoms with Crippen molar-refractivity contribution in [3.8, 4) is 11.4 Å². The number of esters is 1. The van der Waals surface area contributed by atoms with Crippen LogP contribution < -0.4 is 10.6 Å². The first kappa shape index (κ1) is 20.8. The van der Waals surface area contributed by atoms with Crippen molar-refractivity contribution in [2.75, 3.05) is 11.9 Å². The van der Waals surface area contributed by atoms with Crippen LogP contribution in [0.25, 0.3) is 11.4 Å². The van der Waals surface area contributed by atoms with E-state index < -0.39 is 0 Å². The van der Waals surface area contributed by atoms with E-state index in [2.05, 4.69) is 20.8 Å². The quantitative estimate of drug-likeness (QED) is 0.440. The van der Waals surface area contributed by atoms with Gasteiger partial charge in [0.25, 0.3) is 0 Å². The van der Waals surface area contributed by atoms with Gasteiger partial charge < -0.3 is 19.9 Å². The van der Waals surface area contributed by atoms with Crippen LogP contribution in [0.1, 0.15) is 28.7 Å². The maximum atomic E-state index is 11.9. The Bertz CT molecular complexity index is 1040. The fourth-order valence-corrected chi connectivity index (χ4v) is 2.86. The summed E-state index contributed by atoms with van der Waals surface area (Å²) in [6.45, 7) is 4.24. The Morgan fingerprint density at radius 2 is 2.10 bits per heavy atom. The summed E-state index contributed by atoms with van der Waals surface area (Å²) in [4.78, 5) is 16.2. The molecular weight excluding hydrogens is 412 g/mol. The molecule has 3 rings (SSSR count). The molecule has 1 heterocycles. The number of carbonyl (C=O) groups is 1. The van der Waals surface area contributed by atoms with Crippen LogP contribution in [0.3, 0.4) is 0 Å². The van der Waals surface area contributed by atoms with Gasteiger partial charge in [0.05, 0.1) is 18.7 Å². The van der Waals surface area contributed by atoms with Crippen LogP contribution in [0, 0.1) is 6.92 Å². The van der Waals surface area contributed by atoms with Crippen LogP contribution in [0.2, 0.25) is 5.02 Å². The number of nitrogens with one attached hydrogen (secondary N) is 2. The summed E-state index contributed by atoms with van der Waals surface area (Å²) < 4.78 is 10.3. The Hall–Kier alpha value is -2.97. The molecule has 29 heavy (non-hydrogen) atoms. The summed E-state index contributed by atoms with van der Waals surface area (Å²) in [5, 5.41) is 11.0. The lowest BCUT2D eigenvalue weighted by Crippen LogP contribution is -2.28. The highest BCUT2D eigenvalue weighted by atomic mass is 35.5. The zero-order valence-electron chi connectivity index (χ0n) is 15.9. The van der Waals surface area contributed by atoms with E-state index in [-0.39, 0.29) is 12.5 Å². The summed E-state index contributed by atoms with van der Waals surface area (Å²) in [5.74, 6) is 0.441. The SMILES string of the molecule is CCOC(=O)c1ccc(C)c(NC(=S)NCc2nc(-c3cccc(Cl)c3)no2)c1. The van der Waals surface area contributed by atoms with Gasteiger partial charge in [-0.3, -0.25) is 0 Å². The maximum absolute atomic E-state index is 11.9. The van der Waals surface area contributed by atoms with Gasteiger partial charge >= 0.3 is 5.97 Å². The van der Waals surface area contributed by atoms with Gasteiger partial charge in [-0.25, -0.2) is 4.79 Å². The van der Waals surface area contributed by atoms with Gasteiger partial charge in [-0.2, -0.15) is 4.98 Å². The first-order valence-electron chi connectivity index (χ1n) is 8.87. The molecule has 0 unspecified atom stereocenters. The molecule has 0 radical (unpaired) electrons. The Balaban J connectivity index is 1.61. The molecule has 150 valence electrons. The van der Waals surface area contributed by atoms with E-state index in [9.17, 15) is 4.79 Å². The van der Waals surface area contributed by atoms with E-state index in [0.717, 1.165) is 11.1 Å². The first-order valence-corrected chi connectivity index (χ1v) is 9.66. The predicted octanol–water partition coefficient (Wildman–Crippen LogP) is 4.36. The Labute approximate surface area is 178 Å². The number of aromatic nitrogens is 2. The number of nitrogens with zero attached hydrogens (tertiary/aromatic N) is 2. The summed E-state index contributed by atoms with van der Waals surface area (Å²) in [6.07, 6.45) is 0. The second-order valence-corrected chi connectivity index (χ2v) is 6.92. The molecule has 0 atom stereocenters. The summed E-state index contributed by atoms with van der Waals surface area (Å²) in [5.41, 5.74) is 2.85. The van der Waals surface area contributed by atoms with Crippen LogP contribution in [0.4, 0.5) is 5.69 Å². The van der Waals surface area contributed by atoms with E-state index in [4.69, 9.17) is 33.1 Å². The Morgan fingerprint density at radius 3 is 2.86 bits per heavy atom. The van der Waals surface area contributed by atoms with Crippen molar-refractivity contribution in [1.82, 2.24) is 15.5 Å². The first-order chi connectivity index (χ1) is 14.0. The normalized spacial score (nSPS) is 10.4. The smallest absolute Gasteiger partial charge is 0.338 e. The third-order valence-corrected chi connectivity index (χ3v) is 4.43. The van der Waals surface area contributed by atoms with Crippen LogP contribution in [-0.4, -0.2) is 27.8 Å². The highest BCUT2D eigenvalue weighted by Crippen LogP contribution is 2.20. The molecule has 9 heteroatoms. The van der Waals surface area contributed by atoms with Crippen LogP contribution in [0.5, 0.6) is 0 Å². The third-order valence-electron chi connectivity index (χ3n) is 3.95. The van der Waals surface area contributed by atoms with Gasteiger partial charge in [-0.15, -0.1) is 0 Å². The lowest BCUT2D eigenvalue weighted by atomic mass is 10.1. The van der Waals surface area contributed by atoms with Crippen molar-refractivity contribution in [1.29, 1.82) is 0 Å². The molecule has 2 N–H and O–H groups in total. The predicted molar refractivity (Wildman–Crippen MR) is 115 cm³/mol. The van der Waals surface area contributed by atoms with Crippen molar-refractivity contribution in [2.24, 2.45) is 0 Å². The van der Waals surface area contributed by atoms with Gasteiger partial charge in [0.2, 0.25) is 11.7 Å². The van der Waals surface area contributed by atoms with Gasteiger partial charge in [0.1, 0.15) is 0 Å². The van der Waals surface area contributed by atoms with Gasteiger partial charge in [-0.05, 0) is 55.9 Å². The van der Waals surface area contributed by atoms with Crippen LogP contribution >= 0.6 is 23.8 Å². The minimum Gasteiger partial charge on any atom is -0.462 e. The number of anilines is 1. The van der Waals surface area contributed by atoms with Crippen molar-refractivity contribution in [2.45, 2.75) is 20.4 Å². The van der Waals surface area contributed by atoms with E-state index in [0.29, 0.717) is 39.7 Å². The number of rotatable bonds is 6. The second-order valence-electron chi connectivity index (χ2n) is 6.08. The van der Waals surface area contributed by atoms with Crippen molar-refractivity contribution >= 4 is 40.6 Å². The molecule has 0 fully saturated rings. The minimum absolute atomic E-state index is 0.246. The average molecular weight is 431 g/mol. The number of benzene rings is 2. The van der Waals surface area contributed by atoms with E-state index in [1.54, 1.807) is 31.2 Å². The molecule has 0 bridgehead atoms. The van der Waals surface area contributed by atoms with E-state index in [1.807, 2.05) is 25.1 Å². The monoisotopic (exact) mass is 430 g/mol. The van der Waals surface area contributed by atoms with Crippen molar-refractivity contribution < 1.29 is 14.1 Å². The summed E-state index contributed by atoms with van der Waals surface area (Å²) >= 11 is 11.3. The minimum atomic E-state index is -0.381.